The van der Waals surface area contributed by atoms with Gasteiger partial charge >= 0.3 is 12.1 Å². The third kappa shape index (κ3) is 5.36. The Labute approximate surface area is 133 Å². The van der Waals surface area contributed by atoms with Gasteiger partial charge in [-0.3, -0.25) is 4.79 Å². The number of carboxylic acids is 1. The molecule has 0 bridgehead atoms. The maximum atomic E-state index is 13.0. The van der Waals surface area contributed by atoms with Crippen LogP contribution >= 0.6 is 11.6 Å². The zero-order valence-electron chi connectivity index (χ0n) is 11.8. The van der Waals surface area contributed by atoms with Gasteiger partial charge in [-0.25, -0.2) is 9.18 Å². The van der Waals surface area contributed by atoms with Gasteiger partial charge in [0.05, 0.1) is 16.2 Å². The van der Waals surface area contributed by atoms with E-state index in [0.717, 1.165) is 13.0 Å². The molecule has 10 heteroatoms. The molecule has 23 heavy (non-hydrogen) atoms. The van der Waals surface area contributed by atoms with E-state index in [1.807, 2.05) is 0 Å². The van der Waals surface area contributed by atoms with Crippen molar-refractivity contribution in [3.8, 4) is 0 Å². The molecular weight excluding hydrogens is 344 g/mol. The number of hydrogen-bond donors (Lipinski definition) is 3. The van der Waals surface area contributed by atoms with E-state index in [0.29, 0.717) is 10.7 Å². The molecule has 1 saturated heterocycles. The van der Waals surface area contributed by atoms with Gasteiger partial charge in [0.1, 0.15) is 5.82 Å². The summed E-state index contributed by atoms with van der Waals surface area (Å²) in [7, 11) is 0. The van der Waals surface area contributed by atoms with E-state index in [1.165, 1.54) is 18.2 Å². The summed E-state index contributed by atoms with van der Waals surface area (Å²) in [6.45, 7) is 2.62. The van der Waals surface area contributed by atoms with Crippen LogP contribution in [0.2, 0.25) is 5.02 Å². The molecule has 128 valence electrons. The van der Waals surface area contributed by atoms with Crippen molar-refractivity contribution in [2.45, 2.75) is 25.1 Å². The van der Waals surface area contributed by atoms with Gasteiger partial charge in [-0.2, -0.15) is 13.2 Å². The minimum Gasteiger partial charge on any atom is -0.475 e. The number of aliphatic carboxylic acids is 1. The molecule has 0 aliphatic carbocycles. The Hall–Kier alpha value is -1.87. The van der Waals surface area contributed by atoms with Crippen LogP contribution in [0.1, 0.15) is 13.3 Å². The lowest BCUT2D eigenvalue weighted by Gasteiger charge is -2.38. The number of carbonyl (C=O) groups excluding carboxylic acids is 1. The van der Waals surface area contributed by atoms with Crippen LogP contribution in [-0.2, 0) is 9.59 Å². The molecule has 5 nitrogen and oxygen atoms in total. The van der Waals surface area contributed by atoms with Crippen molar-refractivity contribution in [3.63, 3.8) is 0 Å². The number of hydrogen-bond acceptors (Lipinski definition) is 3. The Morgan fingerprint density at radius 3 is 2.30 bits per heavy atom. The van der Waals surface area contributed by atoms with E-state index in [9.17, 15) is 22.4 Å². The predicted molar refractivity (Wildman–Crippen MR) is 74.8 cm³/mol. The highest BCUT2D eigenvalue weighted by Gasteiger charge is 2.39. The average molecular weight is 357 g/mol. The Morgan fingerprint density at radius 2 is 1.91 bits per heavy atom. The van der Waals surface area contributed by atoms with E-state index in [2.05, 4.69) is 10.6 Å². The summed E-state index contributed by atoms with van der Waals surface area (Å²) >= 11 is 5.85. The molecule has 2 rings (SSSR count). The zero-order chi connectivity index (χ0) is 17.8. The van der Waals surface area contributed by atoms with E-state index in [4.69, 9.17) is 21.5 Å². The van der Waals surface area contributed by atoms with Gasteiger partial charge in [0, 0.05) is 0 Å². The number of anilines is 1. The highest BCUT2D eigenvalue weighted by Crippen LogP contribution is 2.25. The zero-order valence-corrected chi connectivity index (χ0v) is 12.6. The molecule has 1 heterocycles. The summed E-state index contributed by atoms with van der Waals surface area (Å²) in [4.78, 5) is 20.7. The van der Waals surface area contributed by atoms with Crippen LogP contribution in [0.25, 0.3) is 0 Å². The molecular formula is C13H13ClF4N2O3. The molecule has 0 saturated carbocycles. The van der Waals surface area contributed by atoms with Crippen LogP contribution in [0.5, 0.6) is 0 Å². The van der Waals surface area contributed by atoms with Crippen LogP contribution in [-0.4, -0.2) is 35.2 Å². The molecule has 1 fully saturated rings. The predicted octanol–water partition coefficient (Wildman–Crippen LogP) is 2.80. The number of carbonyl (C=O) groups is 2. The van der Waals surface area contributed by atoms with Crippen LogP contribution < -0.4 is 10.6 Å². The molecule has 1 atom stereocenters. The maximum absolute atomic E-state index is 13.0. The third-order valence-corrected chi connectivity index (χ3v) is 3.39. The highest BCUT2D eigenvalue weighted by atomic mass is 35.5. The lowest BCUT2D eigenvalue weighted by Crippen LogP contribution is -2.61. The van der Waals surface area contributed by atoms with Crippen molar-refractivity contribution in [3.05, 3.63) is 29.0 Å². The molecule has 1 aromatic carbocycles. The van der Waals surface area contributed by atoms with Gasteiger partial charge < -0.3 is 15.7 Å². The number of nitrogens with one attached hydrogen (secondary N) is 2. The number of benzene rings is 1. The van der Waals surface area contributed by atoms with Gasteiger partial charge in [-0.15, -0.1) is 0 Å². The first-order chi connectivity index (χ1) is 10.5. The monoisotopic (exact) mass is 356 g/mol. The van der Waals surface area contributed by atoms with Gasteiger partial charge in [0.25, 0.3) is 0 Å². The number of halogens is 5. The van der Waals surface area contributed by atoms with Crippen molar-refractivity contribution >= 4 is 29.2 Å². The fourth-order valence-electron chi connectivity index (χ4n) is 1.55. The highest BCUT2D eigenvalue weighted by molar-refractivity contribution is 6.33. The van der Waals surface area contributed by atoms with Crippen molar-refractivity contribution in [1.29, 1.82) is 0 Å². The molecule has 0 aromatic heterocycles. The van der Waals surface area contributed by atoms with Crippen molar-refractivity contribution in [1.82, 2.24) is 5.32 Å². The third-order valence-electron chi connectivity index (χ3n) is 3.06. The van der Waals surface area contributed by atoms with Crippen molar-refractivity contribution < 1.29 is 32.3 Å². The Morgan fingerprint density at radius 1 is 1.39 bits per heavy atom. The summed E-state index contributed by atoms with van der Waals surface area (Å²) < 4.78 is 44.7. The van der Waals surface area contributed by atoms with Gasteiger partial charge in [0.2, 0.25) is 5.91 Å². The summed E-state index contributed by atoms with van der Waals surface area (Å²) in [6, 6.07) is 3.88. The smallest absolute Gasteiger partial charge is 0.475 e. The van der Waals surface area contributed by atoms with Gasteiger partial charge in [0.15, 0.2) is 0 Å². The summed E-state index contributed by atoms with van der Waals surface area (Å²) in [6.07, 6.45) is -4.31. The first kappa shape index (κ1) is 19.2. The Bertz CT molecular complexity index is 603. The number of amides is 1. The number of alkyl halides is 3. The van der Waals surface area contributed by atoms with Gasteiger partial charge in [-0.05, 0) is 38.1 Å². The van der Waals surface area contributed by atoms with Crippen molar-refractivity contribution in [2.24, 2.45) is 0 Å². The lowest BCUT2D eigenvalue weighted by molar-refractivity contribution is -0.192. The average Bonchev–Trinajstić information content (AvgIpc) is 2.39. The molecule has 1 aromatic rings. The molecule has 0 radical (unpaired) electrons. The number of rotatable bonds is 2. The molecule has 1 aliphatic rings. The Kier molecular flexibility index (Phi) is 5.95. The van der Waals surface area contributed by atoms with Crippen LogP contribution in [0.3, 0.4) is 0 Å². The van der Waals surface area contributed by atoms with E-state index >= 15 is 0 Å². The second-order valence-corrected chi connectivity index (χ2v) is 5.30. The summed E-state index contributed by atoms with van der Waals surface area (Å²) in [5.41, 5.74) is -0.253. The van der Waals surface area contributed by atoms with Crippen LogP contribution in [0.4, 0.5) is 23.2 Å². The largest absolute Gasteiger partial charge is 0.490 e. The minimum atomic E-state index is -5.08. The second kappa shape index (κ2) is 7.14. The normalized spacial score (nSPS) is 19.9. The molecule has 1 aliphatic heterocycles. The van der Waals surface area contributed by atoms with Crippen LogP contribution in [0, 0.1) is 5.82 Å². The van der Waals surface area contributed by atoms with Crippen molar-refractivity contribution in [2.75, 3.05) is 11.9 Å². The fraction of sp³-hybridized carbons (Fsp3) is 0.385. The fourth-order valence-corrected chi connectivity index (χ4v) is 1.71. The number of carboxylic acid groups (broad SMARTS) is 1. The standard InChI is InChI=1S/C11H12ClFN2O.C2HF3O2/c1-11(4-5-14-11)10(16)15-9-6-7(13)2-3-8(9)12;3-2(4,5)1(6)7/h2-3,6,14H,4-5H2,1H3,(H,15,16);(H,6,7). The molecule has 1 amide bonds. The first-order valence-electron chi connectivity index (χ1n) is 6.27. The summed E-state index contributed by atoms with van der Waals surface area (Å²) in [5, 5.41) is 13.1. The SMILES string of the molecule is CC1(C(=O)Nc2cc(F)ccc2Cl)CCN1.O=C(O)C(F)(F)F. The van der Waals surface area contributed by atoms with E-state index in [1.54, 1.807) is 6.92 Å². The molecule has 1 unspecified atom stereocenters. The topological polar surface area (TPSA) is 78.4 Å². The second-order valence-electron chi connectivity index (χ2n) is 4.89. The molecule has 3 N–H and O–H groups in total. The quantitative estimate of drug-likeness (QED) is 0.712. The van der Waals surface area contributed by atoms with E-state index in [-0.39, 0.29) is 5.91 Å². The van der Waals surface area contributed by atoms with Gasteiger partial charge in [-0.1, -0.05) is 11.6 Å². The van der Waals surface area contributed by atoms with E-state index < -0.39 is 23.5 Å². The first-order valence-corrected chi connectivity index (χ1v) is 6.65. The summed E-state index contributed by atoms with van der Waals surface area (Å²) in [5.74, 6) is -3.37. The lowest BCUT2D eigenvalue weighted by atomic mass is 9.89. The maximum Gasteiger partial charge on any atom is 0.490 e. The Balaban J connectivity index is 0.000000322. The minimum absolute atomic E-state index is 0.189. The van der Waals surface area contributed by atoms with Crippen LogP contribution in [0.15, 0.2) is 18.2 Å². The molecule has 0 spiro atoms.